The van der Waals surface area contributed by atoms with E-state index in [0.717, 1.165) is 51.4 Å². The largest absolute Gasteiger partial charge is 4.00 e. The molecule has 17 heteroatoms. The van der Waals surface area contributed by atoms with Gasteiger partial charge in [-0.3, -0.25) is 0 Å². The molecule has 89 heavy (non-hydrogen) atoms. The van der Waals surface area contributed by atoms with E-state index in [1.165, 1.54) is 230 Å². The van der Waals surface area contributed by atoms with Gasteiger partial charge in [0.05, 0.1) is 19.6 Å². The molecule has 0 unspecified atom stereocenters. The first-order valence-corrected chi connectivity index (χ1v) is 40.0. The summed E-state index contributed by atoms with van der Waals surface area (Å²) in [4.78, 5) is -0.200. The van der Waals surface area contributed by atoms with Crippen molar-refractivity contribution >= 4 is 40.5 Å². The Morgan fingerprint density at radius 2 is 0.337 bits per heavy atom. The average Bonchev–Trinajstić information content (AvgIpc) is 3.51. The molecule has 0 saturated heterocycles. The topological polar surface area (TPSA) is 229 Å². The molecule has 4 aromatic carbocycles. The maximum absolute atomic E-state index is 11.2. The summed E-state index contributed by atoms with van der Waals surface area (Å²) in [6.07, 6.45) is 52.6. The molecule has 0 aliphatic rings. The fourth-order valence-corrected chi connectivity index (χ4v) is 14.0. The van der Waals surface area contributed by atoms with Crippen molar-refractivity contribution in [2.45, 2.75) is 330 Å². The Balaban J connectivity index is 0.00000116. The van der Waals surface area contributed by atoms with Crippen molar-refractivity contribution in [3.63, 3.8) is 0 Å². The van der Waals surface area contributed by atoms with E-state index in [2.05, 4.69) is 27.7 Å². The van der Waals surface area contributed by atoms with Crippen LogP contribution in [0.15, 0.2) is 117 Å². The Morgan fingerprint density at radius 3 is 0.472 bits per heavy atom. The molecule has 4 aromatic rings. The SMILES string of the molecule is CCCCCCCCCCCCc1ccccc1S(=O)(=O)[O-].CCCCCCCCCCCCc1ccccc1S(=O)(=O)[O-].CCCCCCCCCCCCc1ccccc1S(=O)(=O)[O-].CCCCCCCCCCCCc1ccccc1S(=O)(=O)[O-].[Ti+4]. The zero-order chi connectivity index (χ0) is 65.0. The van der Waals surface area contributed by atoms with E-state index in [-0.39, 0.29) is 41.3 Å². The van der Waals surface area contributed by atoms with E-state index in [4.69, 9.17) is 0 Å². The number of benzene rings is 4. The van der Waals surface area contributed by atoms with Crippen molar-refractivity contribution in [3.05, 3.63) is 119 Å². The second-order valence-corrected chi connectivity index (χ2v) is 29.4. The summed E-state index contributed by atoms with van der Waals surface area (Å²) in [7, 11) is -17.4. The van der Waals surface area contributed by atoms with Crippen LogP contribution in [-0.4, -0.2) is 51.9 Å². The Morgan fingerprint density at radius 1 is 0.213 bits per heavy atom. The van der Waals surface area contributed by atoms with Crippen LogP contribution >= 0.6 is 0 Å². The van der Waals surface area contributed by atoms with E-state index in [0.29, 0.717) is 47.9 Å². The first-order valence-electron chi connectivity index (χ1n) is 34.4. The summed E-state index contributed by atoms with van der Waals surface area (Å²) >= 11 is 0. The number of unbranched alkanes of at least 4 members (excludes halogenated alkanes) is 36. The first-order chi connectivity index (χ1) is 42.2. The van der Waals surface area contributed by atoms with Crippen molar-refractivity contribution in [2.75, 3.05) is 0 Å². The van der Waals surface area contributed by atoms with Gasteiger partial charge in [0.1, 0.15) is 40.5 Å². The quantitative estimate of drug-likeness (QED) is 0.0228. The maximum atomic E-state index is 11.2. The summed E-state index contributed by atoms with van der Waals surface area (Å²) in [5.74, 6) is 0. The van der Waals surface area contributed by atoms with Crippen molar-refractivity contribution in [1.82, 2.24) is 0 Å². The standard InChI is InChI=1S/4C18H30O3S.Ti/c4*1-2-3-4-5-6-7-8-9-10-11-14-17-15-12-13-16-18(17)22(19,20)21;/h4*12-13,15-16H,2-11,14H2,1H3,(H,19,20,21);/q;;;;+4/p-4. The van der Waals surface area contributed by atoms with E-state index in [1.807, 2.05) is 0 Å². The molecule has 0 bridgehead atoms. The van der Waals surface area contributed by atoms with Crippen LogP contribution in [-0.2, 0) is 87.9 Å². The van der Waals surface area contributed by atoms with Gasteiger partial charge in [-0.15, -0.1) is 0 Å². The normalized spacial score (nSPS) is 11.6. The first kappa shape index (κ1) is 86.2. The molecule has 0 N–H and O–H groups in total. The van der Waals surface area contributed by atoms with Crippen LogP contribution in [0.1, 0.15) is 307 Å². The summed E-state index contributed by atoms with van der Waals surface area (Å²) in [6, 6.07) is 26.2. The fraction of sp³-hybridized carbons (Fsp3) is 0.667. The van der Waals surface area contributed by atoms with Gasteiger partial charge in [0.2, 0.25) is 0 Å². The van der Waals surface area contributed by atoms with Gasteiger partial charge in [0.15, 0.2) is 0 Å². The molecule has 0 spiro atoms. The van der Waals surface area contributed by atoms with E-state index in [1.54, 1.807) is 72.8 Å². The monoisotopic (exact) mass is 1350 g/mol. The third kappa shape index (κ3) is 46.1. The molecule has 504 valence electrons. The molecule has 0 aliphatic heterocycles. The minimum Gasteiger partial charge on any atom is -0.744 e. The number of hydrogen-bond acceptors (Lipinski definition) is 12. The van der Waals surface area contributed by atoms with E-state index in [9.17, 15) is 51.9 Å². The molecule has 4 rings (SSSR count). The molecular weight excluding hydrogens is 1230 g/mol. The number of aryl methyl sites for hydroxylation is 4. The Bertz CT molecular complexity index is 2430. The van der Waals surface area contributed by atoms with Gasteiger partial charge in [-0.2, -0.15) is 0 Å². The molecule has 0 aromatic heterocycles. The van der Waals surface area contributed by atoms with E-state index < -0.39 is 40.5 Å². The molecular formula is C72H116O12S4Ti. The molecule has 0 saturated carbocycles. The molecule has 0 fully saturated rings. The Hall–Kier alpha value is -2.77. The van der Waals surface area contributed by atoms with Crippen LogP contribution in [0.2, 0.25) is 0 Å². The minimum atomic E-state index is -4.35. The molecule has 0 radical (unpaired) electrons. The average molecular weight is 1350 g/mol. The number of hydrogen-bond donors (Lipinski definition) is 0. The predicted molar refractivity (Wildman–Crippen MR) is 360 cm³/mol. The minimum absolute atomic E-state index is 0. The van der Waals surface area contributed by atoms with Gasteiger partial charge in [0, 0.05) is 0 Å². The summed E-state index contributed by atoms with van der Waals surface area (Å²) < 4.78 is 134. The second-order valence-electron chi connectivity index (χ2n) is 24.0. The smallest absolute Gasteiger partial charge is 0.744 e. The summed E-state index contributed by atoms with van der Waals surface area (Å²) in [5, 5.41) is 0. The van der Waals surface area contributed by atoms with Crippen molar-refractivity contribution < 1.29 is 73.6 Å². The second kappa shape index (κ2) is 54.6. The van der Waals surface area contributed by atoms with Crippen molar-refractivity contribution in [1.29, 1.82) is 0 Å². The zero-order valence-corrected chi connectivity index (χ0v) is 60.2. The van der Waals surface area contributed by atoms with Crippen LogP contribution in [0.3, 0.4) is 0 Å². The van der Waals surface area contributed by atoms with Crippen molar-refractivity contribution in [2.24, 2.45) is 0 Å². The van der Waals surface area contributed by atoms with Gasteiger partial charge in [-0.1, -0.05) is 332 Å². The third-order valence-corrected chi connectivity index (χ3v) is 19.9. The molecule has 0 atom stereocenters. The van der Waals surface area contributed by atoms with Gasteiger partial charge in [0.25, 0.3) is 0 Å². The van der Waals surface area contributed by atoms with E-state index >= 15 is 0 Å². The Kier molecular flexibility index (Phi) is 52.9. The molecule has 0 amide bonds. The number of rotatable bonds is 48. The summed E-state index contributed by atoms with van der Waals surface area (Å²) in [5.41, 5.74) is 2.66. The molecule has 0 heterocycles. The van der Waals surface area contributed by atoms with Crippen LogP contribution in [0.25, 0.3) is 0 Å². The zero-order valence-electron chi connectivity index (χ0n) is 55.4. The molecule has 12 nitrogen and oxygen atoms in total. The van der Waals surface area contributed by atoms with Gasteiger partial charge in [-0.05, 0) is 97.9 Å². The van der Waals surface area contributed by atoms with Gasteiger partial charge < -0.3 is 18.2 Å². The summed E-state index contributed by atoms with van der Waals surface area (Å²) in [6.45, 7) is 8.93. The van der Waals surface area contributed by atoms with Crippen molar-refractivity contribution in [3.8, 4) is 0 Å². The maximum Gasteiger partial charge on any atom is 4.00 e. The fourth-order valence-electron chi connectivity index (χ4n) is 11.0. The van der Waals surface area contributed by atoms with Crippen LogP contribution < -0.4 is 0 Å². The van der Waals surface area contributed by atoms with Gasteiger partial charge >= 0.3 is 21.7 Å². The van der Waals surface area contributed by atoms with Crippen LogP contribution in [0.5, 0.6) is 0 Å². The van der Waals surface area contributed by atoms with Crippen LogP contribution in [0, 0.1) is 0 Å². The third-order valence-electron chi connectivity index (χ3n) is 16.2. The van der Waals surface area contributed by atoms with Gasteiger partial charge in [-0.25, -0.2) is 33.7 Å². The predicted octanol–water partition coefficient (Wildman–Crippen LogP) is 20.2. The molecule has 0 aliphatic carbocycles. The van der Waals surface area contributed by atoms with Crippen LogP contribution in [0.4, 0.5) is 0 Å². The Labute approximate surface area is 559 Å².